The normalized spacial score (nSPS) is 10.9. The molecule has 25 heteroatoms. The monoisotopic (exact) mass is 867 g/mol. The molecule has 0 bridgehead atoms. The smallest absolute Gasteiger partial charge is 0.295 e. The fourth-order valence-electron chi connectivity index (χ4n) is 3.58. The number of nitrogens with two attached hydrogens (primary N) is 4. The second kappa shape index (κ2) is 19.7. The van der Waals surface area contributed by atoms with Gasteiger partial charge in [-0.2, -0.15) is 33.7 Å². The molecule has 0 heterocycles. The van der Waals surface area contributed by atoms with Crippen molar-refractivity contribution in [3.05, 3.63) is 119 Å². The fourth-order valence-corrected chi connectivity index (χ4v) is 6.37. The number of primary amides is 4. The maximum absolute atomic E-state index is 10.7. The predicted octanol–water partition coefficient (Wildman–Crippen LogP) is 0.126. The van der Waals surface area contributed by atoms with Crippen molar-refractivity contribution in [1.82, 2.24) is 0 Å². The van der Waals surface area contributed by atoms with Crippen LogP contribution >= 0.6 is 0 Å². The van der Waals surface area contributed by atoms with Crippen molar-refractivity contribution in [2.75, 3.05) is 0 Å². The third-order valence-corrected chi connectivity index (χ3v) is 9.37. The molecule has 0 spiro atoms. The van der Waals surface area contributed by atoms with E-state index in [1.807, 2.05) is 0 Å². The maximum atomic E-state index is 10.7. The van der Waals surface area contributed by atoms with Crippen LogP contribution < -0.4 is 22.9 Å². The molecule has 0 saturated carbocycles. The van der Waals surface area contributed by atoms with E-state index < -0.39 is 83.7 Å². The molecule has 0 aliphatic rings. The number of carbonyl (C=O) groups excluding carboxylic acids is 4. The molecule has 1 radical (unpaired) electrons. The van der Waals surface area contributed by atoms with Crippen molar-refractivity contribution in [2.24, 2.45) is 22.9 Å². The quantitative estimate of drug-likeness (QED) is 0.0861. The van der Waals surface area contributed by atoms with E-state index in [1.54, 1.807) is 0 Å². The van der Waals surface area contributed by atoms with Crippen molar-refractivity contribution >= 4 is 64.1 Å². The standard InChI is InChI=1S/4C7H7NO4S.Cu/c4*8-7(9)5-3-1-2-4-6(5)13(10,11)12;/h4*1-4H,(H2,8,9)(H,10,11,12);. The molecule has 4 amide bonds. The van der Waals surface area contributed by atoms with Gasteiger partial charge in [-0.25, -0.2) is 0 Å². The molecule has 4 aromatic rings. The van der Waals surface area contributed by atoms with Gasteiger partial charge in [0.25, 0.3) is 40.5 Å². The molecule has 0 aromatic heterocycles. The number of amides is 4. The zero-order chi connectivity index (χ0) is 40.2. The van der Waals surface area contributed by atoms with E-state index in [0.29, 0.717) is 0 Å². The van der Waals surface area contributed by atoms with Crippen LogP contribution in [-0.2, 0) is 57.5 Å². The van der Waals surface area contributed by atoms with Crippen LogP contribution in [-0.4, -0.2) is 75.5 Å². The second-order valence-electron chi connectivity index (χ2n) is 9.34. The SMILES string of the molecule is NC(=O)c1ccccc1S(=O)(=O)O.NC(=O)c1ccccc1S(=O)(=O)O.NC(=O)c1ccccc1S(=O)(=O)O.NC(=O)c1ccccc1S(=O)(=O)O.[Cu]. The Morgan fingerprint density at radius 3 is 0.566 bits per heavy atom. The average molecular weight is 868 g/mol. The molecular formula is C28H28CuN4O16S4. The fraction of sp³-hybridized carbons (Fsp3) is 0. The first-order valence-corrected chi connectivity index (χ1v) is 18.9. The molecule has 0 aliphatic heterocycles. The molecule has 0 fully saturated rings. The Bertz CT molecular complexity index is 2100. The first-order chi connectivity index (χ1) is 23.7. The summed E-state index contributed by atoms with van der Waals surface area (Å²) in [5.41, 5.74) is 18.7. The van der Waals surface area contributed by atoms with Crippen LogP contribution in [0.15, 0.2) is 117 Å². The minimum atomic E-state index is -4.38. The number of hydrogen-bond acceptors (Lipinski definition) is 12. The zero-order valence-electron chi connectivity index (χ0n) is 26.2. The summed E-state index contributed by atoms with van der Waals surface area (Å²) in [6.45, 7) is 0. The van der Waals surface area contributed by atoms with E-state index in [2.05, 4.69) is 0 Å². The van der Waals surface area contributed by atoms with Crippen LogP contribution in [0.1, 0.15) is 41.4 Å². The predicted molar refractivity (Wildman–Crippen MR) is 179 cm³/mol. The minimum Gasteiger partial charge on any atom is -0.366 e. The van der Waals surface area contributed by atoms with Gasteiger partial charge in [0.2, 0.25) is 23.6 Å². The second-order valence-corrected chi connectivity index (χ2v) is 14.9. The molecule has 0 aliphatic carbocycles. The van der Waals surface area contributed by atoms with Crippen LogP contribution in [0.2, 0.25) is 0 Å². The molecule has 4 rings (SSSR count). The Morgan fingerprint density at radius 2 is 0.472 bits per heavy atom. The average Bonchev–Trinajstić information content (AvgIpc) is 3.04. The number of carbonyl (C=O) groups is 4. The summed E-state index contributed by atoms with van der Waals surface area (Å²) >= 11 is 0. The number of hydrogen-bond donors (Lipinski definition) is 8. The van der Waals surface area contributed by atoms with Gasteiger partial charge in [-0.1, -0.05) is 48.5 Å². The minimum absolute atomic E-state index is 0. The largest absolute Gasteiger partial charge is 0.366 e. The van der Waals surface area contributed by atoms with Gasteiger partial charge in [0.15, 0.2) is 0 Å². The molecule has 4 aromatic carbocycles. The first-order valence-electron chi connectivity index (χ1n) is 13.2. The summed E-state index contributed by atoms with van der Waals surface area (Å²) in [7, 11) is -17.5. The van der Waals surface area contributed by atoms with E-state index >= 15 is 0 Å². The molecule has 20 nitrogen and oxygen atoms in total. The van der Waals surface area contributed by atoms with Crippen molar-refractivity contribution in [1.29, 1.82) is 0 Å². The number of benzene rings is 4. The molecule has 291 valence electrons. The summed E-state index contributed by atoms with van der Waals surface area (Å²) in [5, 5.41) is 0. The van der Waals surface area contributed by atoms with Crippen molar-refractivity contribution < 1.29 is 88.1 Å². The summed E-state index contributed by atoms with van der Waals surface area (Å²) in [6, 6.07) is 20.7. The van der Waals surface area contributed by atoms with Gasteiger partial charge in [0, 0.05) is 17.1 Å². The van der Waals surface area contributed by atoms with Crippen molar-refractivity contribution in [2.45, 2.75) is 19.6 Å². The summed E-state index contributed by atoms with van der Waals surface area (Å²) in [4.78, 5) is 41.0. The van der Waals surface area contributed by atoms with Crippen molar-refractivity contribution in [3.63, 3.8) is 0 Å². The summed E-state index contributed by atoms with van der Waals surface area (Å²) in [5.74, 6) is -3.58. The van der Waals surface area contributed by atoms with Gasteiger partial charge in [0.1, 0.15) is 19.6 Å². The number of rotatable bonds is 8. The van der Waals surface area contributed by atoms with Crippen LogP contribution in [0.4, 0.5) is 0 Å². The van der Waals surface area contributed by atoms with E-state index in [-0.39, 0.29) is 39.3 Å². The summed E-state index contributed by atoms with van der Waals surface area (Å²) < 4.78 is 120. The third kappa shape index (κ3) is 15.2. The molecular weight excluding hydrogens is 840 g/mol. The van der Waals surface area contributed by atoms with Gasteiger partial charge in [-0.15, -0.1) is 0 Å². The molecule has 53 heavy (non-hydrogen) atoms. The van der Waals surface area contributed by atoms with Gasteiger partial charge in [-0.05, 0) is 48.5 Å². The Hall–Kier alpha value is -5.08. The van der Waals surface area contributed by atoms with E-state index in [1.165, 1.54) is 72.8 Å². The topological polar surface area (TPSA) is 390 Å². The van der Waals surface area contributed by atoms with Crippen LogP contribution in [0, 0.1) is 0 Å². The molecule has 0 unspecified atom stereocenters. The van der Waals surface area contributed by atoms with Gasteiger partial charge >= 0.3 is 0 Å². The molecule has 0 saturated heterocycles. The van der Waals surface area contributed by atoms with Crippen LogP contribution in [0.25, 0.3) is 0 Å². The van der Waals surface area contributed by atoms with Gasteiger partial charge < -0.3 is 22.9 Å². The van der Waals surface area contributed by atoms with E-state index in [4.69, 9.17) is 41.1 Å². The first kappa shape index (κ1) is 47.9. The third-order valence-electron chi connectivity index (χ3n) is 5.72. The van der Waals surface area contributed by atoms with E-state index in [9.17, 15) is 52.8 Å². The Morgan fingerprint density at radius 1 is 0.340 bits per heavy atom. The molecule has 12 N–H and O–H groups in total. The van der Waals surface area contributed by atoms with E-state index in [0.717, 1.165) is 24.3 Å². The van der Waals surface area contributed by atoms with Gasteiger partial charge in [-0.3, -0.25) is 37.4 Å². The van der Waals surface area contributed by atoms with Crippen LogP contribution in [0.3, 0.4) is 0 Å². The van der Waals surface area contributed by atoms with Crippen molar-refractivity contribution in [3.8, 4) is 0 Å². The Kier molecular flexibility index (Phi) is 17.8. The maximum Gasteiger partial charge on any atom is 0.295 e. The Balaban J connectivity index is 0.000000676. The molecule has 0 atom stereocenters. The Labute approximate surface area is 312 Å². The van der Waals surface area contributed by atoms with Crippen LogP contribution in [0.5, 0.6) is 0 Å². The summed E-state index contributed by atoms with van der Waals surface area (Å²) in [6.07, 6.45) is 0. The zero-order valence-corrected chi connectivity index (χ0v) is 30.4. The van der Waals surface area contributed by atoms with Gasteiger partial charge in [0.05, 0.1) is 22.3 Å².